The lowest BCUT2D eigenvalue weighted by Gasteiger charge is -2.09. The fourth-order valence-electron chi connectivity index (χ4n) is 1.42. The molecule has 19 heavy (non-hydrogen) atoms. The van der Waals surface area contributed by atoms with E-state index in [1.807, 2.05) is 13.0 Å². The first kappa shape index (κ1) is 16.8. The Hall–Kier alpha value is -0.220. The molecule has 0 saturated carbocycles. The Labute approximate surface area is 126 Å². The van der Waals surface area contributed by atoms with Crippen LogP contribution >= 0.6 is 35.1 Å². The Balaban J connectivity index is 0.00000180. The van der Waals surface area contributed by atoms with Crippen molar-refractivity contribution in [2.24, 2.45) is 5.14 Å². The standard InChI is InChI=1S/C10H14N2O3S3.ClH/c1-6(15-2)12-5-7-3-8-9(16-7)4-10(17-8)18(11,13)14;/h3-4,6,12H,5H2,1-2H3,(H2,11,13,14);1H. The zero-order valence-corrected chi connectivity index (χ0v) is 13.6. The van der Waals surface area contributed by atoms with E-state index >= 15 is 0 Å². The van der Waals surface area contributed by atoms with E-state index in [-0.39, 0.29) is 22.8 Å². The van der Waals surface area contributed by atoms with Gasteiger partial charge in [-0.1, -0.05) is 0 Å². The van der Waals surface area contributed by atoms with E-state index in [9.17, 15) is 8.42 Å². The summed E-state index contributed by atoms with van der Waals surface area (Å²) in [5.74, 6) is 0. The number of primary sulfonamides is 1. The van der Waals surface area contributed by atoms with Gasteiger partial charge in [0.2, 0.25) is 10.0 Å². The van der Waals surface area contributed by atoms with Crippen molar-refractivity contribution < 1.29 is 13.2 Å². The predicted molar refractivity (Wildman–Crippen MR) is 81.6 cm³/mol. The van der Waals surface area contributed by atoms with E-state index in [2.05, 4.69) is 5.32 Å². The molecule has 108 valence electrons. The van der Waals surface area contributed by atoms with Crippen LogP contribution in [0.2, 0.25) is 0 Å². The lowest BCUT2D eigenvalue weighted by molar-refractivity contribution is 0.0882. The van der Waals surface area contributed by atoms with Crippen LogP contribution in [0.3, 0.4) is 0 Å². The summed E-state index contributed by atoms with van der Waals surface area (Å²) in [7, 11) is -1.95. The number of methoxy groups -OCH3 is 1. The van der Waals surface area contributed by atoms with E-state index in [0.717, 1.165) is 14.3 Å². The van der Waals surface area contributed by atoms with Gasteiger partial charge in [0.05, 0.1) is 0 Å². The van der Waals surface area contributed by atoms with Gasteiger partial charge in [0, 0.05) is 27.9 Å². The van der Waals surface area contributed by atoms with Gasteiger partial charge in [-0.15, -0.1) is 35.1 Å². The van der Waals surface area contributed by atoms with Gasteiger partial charge >= 0.3 is 0 Å². The van der Waals surface area contributed by atoms with E-state index in [1.54, 1.807) is 24.5 Å². The first-order valence-electron chi connectivity index (χ1n) is 5.21. The molecule has 0 aliphatic rings. The molecule has 0 amide bonds. The summed E-state index contributed by atoms with van der Waals surface area (Å²) in [5.41, 5.74) is 0. The van der Waals surface area contributed by atoms with E-state index in [0.29, 0.717) is 6.54 Å². The lowest BCUT2D eigenvalue weighted by atomic mass is 10.4. The molecule has 0 spiro atoms. The third-order valence-electron chi connectivity index (χ3n) is 2.43. The highest BCUT2D eigenvalue weighted by Crippen LogP contribution is 2.34. The number of nitrogens with two attached hydrogens (primary N) is 1. The second-order valence-electron chi connectivity index (χ2n) is 3.81. The van der Waals surface area contributed by atoms with Crippen LogP contribution in [0.5, 0.6) is 0 Å². The van der Waals surface area contributed by atoms with Crippen molar-refractivity contribution in [3.8, 4) is 0 Å². The first-order valence-corrected chi connectivity index (χ1v) is 8.39. The minimum atomic E-state index is -3.59. The maximum absolute atomic E-state index is 11.2. The van der Waals surface area contributed by atoms with Crippen molar-refractivity contribution >= 4 is 54.5 Å². The monoisotopic (exact) mass is 342 g/mol. The molecule has 2 aromatic heterocycles. The largest absolute Gasteiger partial charge is 0.367 e. The number of rotatable bonds is 5. The molecule has 2 rings (SSSR count). The Morgan fingerprint density at radius 2 is 2.00 bits per heavy atom. The van der Waals surface area contributed by atoms with Gasteiger partial charge in [-0.2, -0.15) is 0 Å². The Morgan fingerprint density at radius 3 is 2.53 bits per heavy atom. The van der Waals surface area contributed by atoms with E-state index in [4.69, 9.17) is 9.88 Å². The minimum absolute atomic E-state index is 0. The topological polar surface area (TPSA) is 81.4 Å². The smallest absolute Gasteiger partial charge is 0.247 e. The number of thiophene rings is 2. The van der Waals surface area contributed by atoms with Crippen LogP contribution in [-0.2, 0) is 21.3 Å². The molecule has 0 radical (unpaired) electrons. The number of hydrogen-bond donors (Lipinski definition) is 2. The van der Waals surface area contributed by atoms with Crippen LogP contribution in [0.25, 0.3) is 9.40 Å². The average Bonchev–Trinajstić information content (AvgIpc) is 2.82. The molecule has 0 aliphatic carbocycles. The number of sulfonamides is 1. The number of halogens is 1. The Morgan fingerprint density at radius 1 is 1.37 bits per heavy atom. The SMILES string of the molecule is COC(C)NCc1cc2sc(S(N)(=O)=O)cc2s1.Cl. The Kier molecular flexibility index (Phi) is 5.75. The molecular weight excluding hydrogens is 328 g/mol. The molecule has 0 saturated heterocycles. The van der Waals surface area contributed by atoms with Crippen molar-refractivity contribution in [1.29, 1.82) is 0 Å². The van der Waals surface area contributed by atoms with Gasteiger partial charge in [0.15, 0.2) is 0 Å². The van der Waals surface area contributed by atoms with Crippen LogP contribution in [0.15, 0.2) is 16.3 Å². The van der Waals surface area contributed by atoms with Crippen LogP contribution in [0.4, 0.5) is 0 Å². The summed E-state index contributed by atoms with van der Waals surface area (Å²) >= 11 is 2.76. The highest BCUT2D eigenvalue weighted by atomic mass is 35.5. The number of nitrogens with one attached hydrogen (secondary N) is 1. The summed E-state index contributed by atoms with van der Waals surface area (Å²) in [6.45, 7) is 2.63. The predicted octanol–water partition coefficient (Wildman–Crippen LogP) is 2.11. The summed E-state index contributed by atoms with van der Waals surface area (Å²) in [5, 5.41) is 8.29. The molecule has 2 heterocycles. The second kappa shape index (κ2) is 6.49. The molecule has 2 aromatic rings. The normalized spacial score (nSPS) is 13.4. The maximum Gasteiger partial charge on any atom is 0.247 e. The third kappa shape index (κ3) is 4.12. The second-order valence-corrected chi connectivity index (χ2v) is 7.85. The summed E-state index contributed by atoms with van der Waals surface area (Å²) < 4.78 is 29.6. The van der Waals surface area contributed by atoms with Crippen molar-refractivity contribution in [3.63, 3.8) is 0 Å². The van der Waals surface area contributed by atoms with Crippen LogP contribution in [-0.4, -0.2) is 21.8 Å². The molecular formula is C10H15ClN2O3S3. The van der Waals surface area contributed by atoms with Crippen molar-refractivity contribution in [2.75, 3.05) is 7.11 Å². The highest BCUT2D eigenvalue weighted by molar-refractivity contribution is 7.91. The van der Waals surface area contributed by atoms with Gasteiger partial charge in [-0.05, 0) is 19.1 Å². The van der Waals surface area contributed by atoms with Crippen molar-refractivity contribution in [1.82, 2.24) is 5.32 Å². The zero-order valence-electron chi connectivity index (χ0n) is 10.4. The fourth-order valence-corrected chi connectivity index (χ4v) is 4.61. The summed E-state index contributed by atoms with van der Waals surface area (Å²) in [6.07, 6.45) is -0.00915. The third-order valence-corrected chi connectivity index (χ3v) is 6.15. The number of ether oxygens (including phenoxy) is 1. The lowest BCUT2D eigenvalue weighted by Crippen LogP contribution is -2.26. The molecule has 9 heteroatoms. The van der Waals surface area contributed by atoms with Gasteiger partial charge in [-0.3, -0.25) is 5.32 Å². The number of fused-ring (bicyclic) bond motifs is 1. The molecule has 1 atom stereocenters. The van der Waals surface area contributed by atoms with Crippen LogP contribution < -0.4 is 10.5 Å². The molecule has 0 aromatic carbocycles. The molecule has 0 aliphatic heterocycles. The summed E-state index contributed by atoms with van der Waals surface area (Å²) in [6, 6.07) is 3.61. The average molecular weight is 343 g/mol. The minimum Gasteiger partial charge on any atom is -0.367 e. The maximum atomic E-state index is 11.2. The van der Waals surface area contributed by atoms with Gasteiger partial charge in [0.25, 0.3) is 0 Å². The molecule has 5 nitrogen and oxygen atoms in total. The zero-order chi connectivity index (χ0) is 13.3. The highest BCUT2D eigenvalue weighted by Gasteiger charge is 2.14. The van der Waals surface area contributed by atoms with Crippen molar-refractivity contribution in [2.45, 2.75) is 23.9 Å². The van der Waals surface area contributed by atoms with Crippen molar-refractivity contribution in [3.05, 3.63) is 17.0 Å². The quantitative estimate of drug-likeness (QED) is 0.815. The van der Waals surface area contributed by atoms with E-state index < -0.39 is 10.0 Å². The Bertz CT molecular complexity index is 619. The van der Waals surface area contributed by atoms with Gasteiger partial charge < -0.3 is 4.74 Å². The van der Waals surface area contributed by atoms with Crippen LogP contribution in [0, 0.1) is 0 Å². The first-order chi connectivity index (χ1) is 8.40. The van der Waals surface area contributed by atoms with Crippen LogP contribution in [0.1, 0.15) is 11.8 Å². The molecule has 0 fully saturated rings. The molecule has 3 N–H and O–H groups in total. The van der Waals surface area contributed by atoms with Gasteiger partial charge in [-0.25, -0.2) is 13.6 Å². The molecule has 0 bridgehead atoms. The molecule has 1 unspecified atom stereocenters. The van der Waals surface area contributed by atoms with Gasteiger partial charge in [0.1, 0.15) is 10.4 Å². The fraction of sp³-hybridized carbons (Fsp3) is 0.400. The summed E-state index contributed by atoms with van der Waals surface area (Å²) in [4.78, 5) is 1.14. The van der Waals surface area contributed by atoms with E-state index in [1.165, 1.54) is 11.3 Å². The number of hydrogen-bond acceptors (Lipinski definition) is 6.